The molecular formula is C6H4BrNO3. The smallest absolute Gasteiger partial charge is 0.290 e. The van der Waals surface area contributed by atoms with Gasteiger partial charge in [0, 0.05) is 33.0 Å². The Bertz CT molecular complexity index is 253. The Balaban J connectivity index is 2.94. The number of rotatable bonds is 1. The minimum absolute atomic E-state index is 0.234. The molecule has 0 spiro atoms. The van der Waals surface area contributed by atoms with Gasteiger partial charge in [-0.25, -0.2) is 0 Å². The molecule has 0 aromatic rings. The van der Waals surface area contributed by atoms with E-state index in [-0.39, 0.29) is 5.78 Å². The number of carbonyl (C=O) groups excluding carboxylic acids is 1. The van der Waals surface area contributed by atoms with E-state index < -0.39 is 9.37 Å². The highest BCUT2D eigenvalue weighted by Crippen LogP contribution is 2.24. The highest BCUT2D eigenvalue weighted by atomic mass is 79.9. The van der Waals surface area contributed by atoms with E-state index in [0.717, 1.165) is 12.2 Å². The van der Waals surface area contributed by atoms with Gasteiger partial charge in [-0.05, 0) is 12.2 Å². The van der Waals surface area contributed by atoms with Gasteiger partial charge in [0.05, 0.1) is 0 Å². The highest BCUT2D eigenvalue weighted by molar-refractivity contribution is 9.10. The Morgan fingerprint density at radius 2 is 1.91 bits per heavy atom. The molecule has 0 atom stereocenters. The van der Waals surface area contributed by atoms with Crippen molar-refractivity contribution in [3.05, 3.63) is 34.4 Å². The Hall–Kier alpha value is -0.970. The Morgan fingerprint density at radius 3 is 2.27 bits per heavy atom. The second kappa shape index (κ2) is 2.58. The average molecular weight is 218 g/mol. The van der Waals surface area contributed by atoms with Crippen LogP contribution in [0.25, 0.3) is 0 Å². The van der Waals surface area contributed by atoms with Crippen LogP contribution < -0.4 is 0 Å². The van der Waals surface area contributed by atoms with E-state index in [2.05, 4.69) is 15.9 Å². The lowest BCUT2D eigenvalue weighted by Gasteiger charge is -2.11. The highest BCUT2D eigenvalue weighted by Gasteiger charge is 2.35. The number of allylic oxidation sites excluding steroid dienone is 2. The lowest BCUT2D eigenvalue weighted by atomic mass is 10.1. The van der Waals surface area contributed by atoms with E-state index in [1.54, 1.807) is 0 Å². The molecule has 0 saturated carbocycles. The lowest BCUT2D eigenvalue weighted by molar-refractivity contribution is -0.508. The number of alkyl halides is 1. The van der Waals surface area contributed by atoms with E-state index in [4.69, 9.17) is 0 Å². The van der Waals surface area contributed by atoms with Crippen LogP contribution in [-0.2, 0) is 4.79 Å². The fourth-order valence-electron chi connectivity index (χ4n) is 0.631. The maximum absolute atomic E-state index is 10.6. The normalized spacial score (nSPS) is 20.3. The van der Waals surface area contributed by atoms with Crippen molar-refractivity contribution in [2.24, 2.45) is 0 Å². The SMILES string of the molecule is O=C1C=CC(Br)([N+](=O)[O-])C=C1. The molecule has 0 amide bonds. The predicted molar refractivity (Wildman–Crippen MR) is 41.9 cm³/mol. The van der Waals surface area contributed by atoms with E-state index >= 15 is 0 Å². The van der Waals surface area contributed by atoms with E-state index in [0.29, 0.717) is 0 Å². The van der Waals surface area contributed by atoms with Crippen LogP contribution in [0.2, 0.25) is 0 Å². The zero-order chi connectivity index (χ0) is 8.48. The fourth-order valence-corrected chi connectivity index (χ4v) is 0.895. The first kappa shape index (κ1) is 8.13. The number of hydrogen-bond acceptors (Lipinski definition) is 3. The number of carbonyl (C=O) groups is 1. The standard InChI is InChI=1S/C6H4BrNO3/c7-6(8(10)11)3-1-5(9)2-4-6/h1-4H. The summed E-state index contributed by atoms with van der Waals surface area (Å²) >= 11 is 2.86. The lowest BCUT2D eigenvalue weighted by Crippen LogP contribution is -2.28. The van der Waals surface area contributed by atoms with Gasteiger partial charge in [0.2, 0.25) is 0 Å². The van der Waals surface area contributed by atoms with E-state index in [9.17, 15) is 14.9 Å². The second-order valence-corrected chi connectivity index (χ2v) is 3.32. The Labute approximate surface area is 70.9 Å². The summed E-state index contributed by atoms with van der Waals surface area (Å²) in [7, 11) is 0. The van der Waals surface area contributed by atoms with Crippen molar-refractivity contribution >= 4 is 21.7 Å². The molecule has 0 fully saturated rings. The van der Waals surface area contributed by atoms with Crippen molar-refractivity contribution < 1.29 is 9.72 Å². The number of nitrogens with zero attached hydrogens (tertiary/aromatic N) is 1. The van der Waals surface area contributed by atoms with Gasteiger partial charge in [0.15, 0.2) is 5.78 Å². The zero-order valence-electron chi connectivity index (χ0n) is 5.36. The molecule has 0 saturated heterocycles. The third-order valence-electron chi connectivity index (χ3n) is 1.24. The molecule has 0 bridgehead atoms. The monoisotopic (exact) mass is 217 g/mol. The third kappa shape index (κ3) is 1.54. The van der Waals surface area contributed by atoms with Crippen molar-refractivity contribution in [2.75, 3.05) is 0 Å². The Morgan fingerprint density at radius 1 is 1.45 bits per heavy atom. The van der Waals surface area contributed by atoms with Crippen molar-refractivity contribution in [3.8, 4) is 0 Å². The summed E-state index contributed by atoms with van der Waals surface area (Å²) in [5.41, 5.74) is 0. The molecule has 1 aliphatic rings. The Kier molecular flexibility index (Phi) is 1.90. The van der Waals surface area contributed by atoms with Gasteiger partial charge in [0.25, 0.3) is 0 Å². The van der Waals surface area contributed by atoms with Gasteiger partial charge in [-0.15, -0.1) is 0 Å². The van der Waals surface area contributed by atoms with Crippen molar-refractivity contribution in [3.63, 3.8) is 0 Å². The summed E-state index contributed by atoms with van der Waals surface area (Å²) in [6.45, 7) is 0. The predicted octanol–water partition coefficient (Wildman–Crippen LogP) is 1.05. The van der Waals surface area contributed by atoms with Gasteiger partial charge in [0.1, 0.15) is 0 Å². The molecule has 1 rings (SSSR count). The van der Waals surface area contributed by atoms with Gasteiger partial charge >= 0.3 is 4.45 Å². The van der Waals surface area contributed by atoms with Gasteiger partial charge < -0.3 is 0 Å². The largest absolute Gasteiger partial charge is 0.312 e. The van der Waals surface area contributed by atoms with Crippen LogP contribution in [-0.4, -0.2) is 15.2 Å². The first-order chi connectivity index (χ1) is 5.04. The first-order valence-corrected chi connectivity index (χ1v) is 3.60. The van der Waals surface area contributed by atoms with Gasteiger partial charge in [-0.3, -0.25) is 14.9 Å². The molecule has 0 N–H and O–H groups in total. The summed E-state index contributed by atoms with van der Waals surface area (Å²) in [4.78, 5) is 20.4. The maximum Gasteiger partial charge on any atom is 0.312 e. The summed E-state index contributed by atoms with van der Waals surface area (Å²) in [6.07, 6.45) is 4.74. The van der Waals surface area contributed by atoms with Crippen LogP contribution in [0.3, 0.4) is 0 Å². The minimum atomic E-state index is -1.39. The van der Waals surface area contributed by atoms with Crippen LogP contribution in [0.15, 0.2) is 24.3 Å². The van der Waals surface area contributed by atoms with Crippen molar-refractivity contribution in [1.82, 2.24) is 0 Å². The molecule has 58 valence electrons. The van der Waals surface area contributed by atoms with Crippen LogP contribution in [0.1, 0.15) is 0 Å². The second-order valence-electron chi connectivity index (χ2n) is 2.05. The number of nitro groups is 1. The molecule has 0 aliphatic heterocycles. The van der Waals surface area contributed by atoms with Crippen LogP contribution >= 0.6 is 15.9 Å². The van der Waals surface area contributed by atoms with Crippen molar-refractivity contribution in [1.29, 1.82) is 0 Å². The molecule has 0 aromatic heterocycles. The van der Waals surface area contributed by atoms with Crippen LogP contribution in [0.4, 0.5) is 0 Å². The molecule has 0 radical (unpaired) electrons. The molecule has 1 aliphatic carbocycles. The zero-order valence-corrected chi connectivity index (χ0v) is 6.95. The first-order valence-electron chi connectivity index (χ1n) is 2.80. The minimum Gasteiger partial charge on any atom is -0.290 e. The van der Waals surface area contributed by atoms with E-state index in [1.165, 1.54) is 12.2 Å². The third-order valence-corrected chi connectivity index (χ3v) is 2.06. The number of hydrogen-bond donors (Lipinski definition) is 0. The van der Waals surface area contributed by atoms with Crippen molar-refractivity contribution in [2.45, 2.75) is 4.45 Å². The quantitative estimate of drug-likeness (QED) is 0.286. The summed E-state index contributed by atoms with van der Waals surface area (Å²) in [5, 5.41) is 10.3. The average Bonchev–Trinajstić information content (AvgIpc) is 1.95. The fraction of sp³-hybridized carbons (Fsp3) is 0.167. The van der Waals surface area contributed by atoms with Crippen LogP contribution in [0.5, 0.6) is 0 Å². The van der Waals surface area contributed by atoms with Gasteiger partial charge in [-0.1, -0.05) is 0 Å². The number of halogens is 1. The molecule has 4 nitrogen and oxygen atoms in total. The van der Waals surface area contributed by atoms with Crippen LogP contribution in [0, 0.1) is 10.1 Å². The molecule has 0 aromatic carbocycles. The molecule has 0 unspecified atom stereocenters. The van der Waals surface area contributed by atoms with E-state index in [1.807, 2.05) is 0 Å². The topological polar surface area (TPSA) is 60.2 Å². The summed E-state index contributed by atoms with van der Waals surface area (Å²) in [5.74, 6) is -0.234. The molecule has 0 heterocycles. The van der Waals surface area contributed by atoms with Gasteiger partial charge in [-0.2, -0.15) is 0 Å². The number of ketones is 1. The molecule has 11 heavy (non-hydrogen) atoms. The maximum atomic E-state index is 10.6. The summed E-state index contributed by atoms with van der Waals surface area (Å²) < 4.78 is -1.39. The summed E-state index contributed by atoms with van der Waals surface area (Å²) in [6, 6.07) is 0. The molecule has 5 heteroatoms. The molecular weight excluding hydrogens is 214 g/mol.